The van der Waals surface area contributed by atoms with Gasteiger partial charge < -0.3 is 14.8 Å². The predicted octanol–water partition coefficient (Wildman–Crippen LogP) is 3.14. The summed E-state index contributed by atoms with van der Waals surface area (Å²) in [7, 11) is 1.43. The molecule has 2 rings (SSSR count). The number of thioether (sulfide) groups is 1. The van der Waals surface area contributed by atoms with Gasteiger partial charge >= 0.3 is 6.61 Å². The van der Waals surface area contributed by atoms with Gasteiger partial charge in [0.2, 0.25) is 0 Å². The zero-order valence-corrected chi connectivity index (χ0v) is 12.2. The standard InChI is InChI=1S/C14H19F2NO2S/c1-18-12-3-2-10(6-13(12)19-14(15)16)7-17-8-11-4-5-20-9-11/h2-3,6,11,14,17H,4-5,7-9H2,1H3. The van der Waals surface area contributed by atoms with Crippen molar-refractivity contribution in [3.8, 4) is 11.5 Å². The van der Waals surface area contributed by atoms with Crippen molar-refractivity contribution in [2.45, 2.75) is 19.6 Å². The first kappa shape index (κ1) is 15.4. The van der Waals surface area contributed by atoms with Gasteiger partial charge in [-0.05, 0) is 48.1 Å². The monoisotopic (exact) mass is 303 g/mol. The van der Waals surface area contributed by atoms with Crippen molar-refractivity contribution < 1.29 is 18.3 Å². The molecule has 1 aliphatic heterocycles. The Hall–Kier alpha value is -1.01. The van der Waals surface area contributed by atoms with E-state index >= 15 is 0 Å². The third kappa shape index (κ3) is 4.52. The molecular formula is C14H19F2NO2S. The molecule has 1 N–H and O–H groups in total. The molecule has 20 heavy (non-hydrogen) atoms. The van der Waals surface area contributed by atoms with Gasteiger partial charge in [-0.1, -0.05) is 6.07 Å². The fraction of sp³-hybridized carbons (Fsp3) is 0.571. The minimum atomic E-state index is -2.84. The van der Waals surface area contributed by atoms with Gasteiger partial charge in [-0.3, -0.25) is 0 Å². The molecule has 1 fully saturated rings. The highest BCUT2D eigenvalue weighted by Gasteiger charge is 2.15. The fourth-order valence-electron chi connectivity index (χ4n) is 2.18. The number of halogens is 2. The van der Waals surface area contributed by atoms with Crippen LogP contribution in [0.25, 0.3) is 0 Å². The van der Waals surface area contributed by atoms with Gasteiger partial charge in [0.25, 0.3) is 0 Å². The van der Waals surface area contributed by atoms with Gasteiger partial charge in [-0.25, -0.2) is 0 Å². The van der Waals surface area contributed by atoms with Gasteiger partial charge in [-0.2, -0.15) is 20.5 Å². The molecule has 1 aromatic carbocycles. The molecule has 0 radical (unpaired) electrons. The summed E-state index contributed by atoms with van der Waals surface area (Å²) in [6, 6.07) is 5.11. The lowest BCUT2D eigenvalue weighted by molar-refractivity contribution is -0.0512. The van der Waals surface area contributed by atoms with Gasteiger partial charge in [0, 0.05) is 6.54 Å². The van der Waals surface area contributed by atoms with Crippen molar-refractivity contribution in [2.75, 3.05) is 25.2 Å². The molecule has 0 spiro atoms. The number of nitrogens with one attached hydrogen (secondary N) is 1. The summed E-state index contributed by atoms with van der Waals surface area (Å²) in [5.74, 6) is 3.56. The molecule has 3 nitrogen and oxygen atoms in total. The van der Waals surface area contributed by atoms with E-state index in [-0.39, 0.29) is 5.75 Å². The van der Waals surface area contributed by atoms with Crippen molar-refractivity contribution in [1.82, 2.24) is 5.32 Å². The zero-order valence-electron chi connectivity index (χ0n) is 11.4. The maximum absolute atomic E-state index is 12.3. The summed E-state index contributed by atoms with van der Waals surface area (Å²) in [5, 5.41) is 3.36. The Balaban J connectivity index is 1.90. The Labute approximate surface area is 122 Å². The molecular weight excluding hydrogens is 284 g/mol. The lowest BCUT2D eigenvalue weighted by Gasteiger charge is -2.13. The van der Waals surface area contributed by atoms with E-state index in [4.69, 9.17) is 4.74 Å². The maximum Gasteiger partial charge on any atom is 0.387 e. The minimum Gasteiger partial charge on any atom is -0.493 e. The molecule has 1 aliphatic rings. The van der Waals surface area contributed by atoms with Crippen LogP contribution in [0.4, 0.5) is 8.78 Å². The van der Waals surface area contributed by atoms with Crippen LogP contribution in [-0.4, -0.2) is 31.8 Å². The van der Waals surface area contributed by atoms with E-state index in [1.807, 2.05) is 17.8 Å². The first-order valence-electron chi connectivity index (χ1n) is 6.59. The van der Waals surface area contributed by atoms with E-state index in [2.05, 4.69) is 10.1 Å². The van der Waals surface area contributed by atoms with Crippen LogP contribution in [0.2, 0.25) is 0 Å². The van der Waals surface area contributed by atoms with Crippen LogP contribution >= 0.6 is 11.8 Å². The van der Waals surface area contributed by atoms with Gasteiger partial charge in [0.1, 0.15) is 0 Å². The van der Waals surface area contributed by atoms with Gasteiger partial charge in [0.05, 0.1) is 7.11 Å². The Morgan fingerprint density at radius 2 is 2.25 bits per heavy atom. The highest BCUT2D eigenvalue weighted by atomic mass is 32.2. The molecule has 1 saturated heterocycles. The molecule has 6 heteroatoms. The average Bonchev–Trinajstić information content (AvgIpc) is 2.91. The summed E-state index contributed by atoms with van der Waals surface area (Å²) in [4.78, 5) is 0. The van der Waals surface area contributed by atoms with Gasteiger partial charge in [-0.15, -0.1) is 0 Å². The van der Waals surface area contributed by atoms with E-state index < -0.39 is 6.61 Å². The Bertz CT molecular complexity index is 426. The van der Waals surface area contributed by atoms with Crippen LogP contribution < -0.4 is 14.8 Å². The average molecular weight is 303 g/mol. The van der Waals surface area contributed by atoms with Crippen molar-refractivity contribution in [1.29, 1.82) is 0 Å². The number of hydrogen-bond donors (Lipinski definition) is 1. The topological polar surface area (TPSA) is 30.5 Å². The predicted molar refractivity (Wildman–Crippen MR) is 76.8 cm³/mol. The second-order valence-electron chi connectivity index (χ2n) is 4.72. The molecule has 1 aromatic rings. The second kappa shape index (κ2) is 7.69. The zero-order chi connectivity index (χ0) is 14.4. The van der Waals surface area contributed by atoms with Crippen LogP contribution in [0, 0.1) is 5.92 Å². The molecule has 1 atom stereocenters. The largest absolute Gasteiger partial charge is 0.493 e. The van der Waals surface area contributed by atoms with Crippen molar-refractivity contribution in [2.24, 2.45) is 5.92 Å². The second-order valence-corrected chi connectivity index (χ2v) is 5.87. The molecule has 0 aliphatic carbocycles. The van der Waals surface area contributed by atoms with Crippen LogP contribution in [0.3, 0.4) is 0 Å². The number of ether oxygens (including phenoxy) is 2. The normalized spacial score (nSPS) is 18.5. The quantitative estimate of drug-likeness (QED) is 0.838. The van der Waals surface area contributed by atoms with Crippen molar-refractivity contribution >= 4 is 11.8 Å². The van der Waals surface area contributed by atoms with E-state index in [9.17, 15) is 8.78 Å². The first-order valence-corrected chi connectivity index (χ1v) is 7.74. The molecule has 1 unspecified atom stereocenters. The highest BCUT2D eigenvalue weighted by molar-refractivity contribution is 7.99. The molecule has 0 saturated carbocycles. The lowest BCUT2D eigenvalue weighted by Crippen LogP contribution is -2.22. The van der Waals surface area contributed by atoms with Crippen LogP contribution in [0.15, 0.2) is 18.2 Å². The third-order valence-corrected chi connectivity index (χ3v) is 4.46. The molecule has 112 valence electrons. The highest BCUT2D eigenvalue weighted by Crippen LogP contribution is 2.29. The smallest absolute Gasteiger partial charge is 0.387 e. The SMILES string of the molecule is COc1ccc(CNCC2CCSC2)cc1OC(F)F. The summed E-state index contributed by atoms with van der Waals surface area (Å²) >= 11 is 1.98. The van der Waals surface area contributed by atoms with E-state index in [0.717, 1.165) is 18.0 Å². The summed E-state index contributed by atoms with van der Waals surface area (Å²) in [5.41, 5.74) is 0.909. The fourth-order valence-corrected chi connectivity index (χ4v) is 3.47. The maximum atomic E-state index is 12.3. The lowest BCUT2D eigenvalue weighted by atomic mass is 10.1. The molecule has 1 heterocycles. The van der Waals surface area contributed by atoms with Crippen LogP contribution in [0.5, 0.6) is 11.5 Å². The molecule has 0 bridgehead atoms. The third-order valence-electron chi connectivity index (χ3n) is 3.23. The Morgan fingerprint density at radius 1 is 1.40 bits per heavy atom. The molecule has 0 amide bonds. The van der Waals surface area contributed by atoms with Crippen molar-refractivity contribution in [3.05, 3.63) is 23.8 Å². The van der Waals surface area contributed by atoms with Crippen LogP contribution in [0.1, 0.15) is 12.0 Å². The van der Waals surface area contributed by atoms with E-state index in [0.29, 0.717) is 12.3 Å². The summed E-state index contributed by atoms with van der Waals surface area (Å²) in [6.07, 6.45) is 1.25. The number of benzene rings is 1. The number of hydrogen-bond acceptors (Lipinski definition) is 4. The number of methoxy groups -OCH3 is 1. The van der Waals surface area contributed by atoms with Gasteiger partial charge in [0.15, 0.2) is 11.5 Å². The van der Waals surface area contributed by atoms with Crippen LogP contribution in [-0.2, 0) is 6.54 Å². The first-order chi connectivity index (χ1) is 9.69. The Kier molecular flexibility index (Phi) is 5.91. The van der Waals surface area contributed by atoms with E-state index in [1.165, 1.54) is 25.0 Å². The van der Waals surface area contributed by atoms with Crippen molar-refractivity contribution in [3.63, 3.8) is 0 Å². The minimum absolute atomic E-state index is 0.0817. The summed E-state index contributed by atoms with van der Waals surface area (Å²) < 4.78 is 34.1. The van der Waals surface area contributed by atoms with E-state index in [1.54, 1.807) is 12.1 Å². The summed E-state index contributed by atoms with van der Waals surface area (Å²) in [6.45, 7) is -1.24. The number of alkyl halides is 2. The number of rotatable bonds is 7. The Morgan fingerprint density at radius 3 is 2.90 bits per heavy atom. The molecule has 0 aromatic heterocycles.